The average Bonchev–Trinajstić information content (AvgIpc) is 2.48. The number of anilines is 1. The molecular weight excluding hydrogens is 264 g/mol. The summed E-state index contributed by atoms with van der Waals surface area (Å²) in [6, 6.07) is 9.68. The normalized spacial score (nSPS) is 11.0. The van der Waals surface area contributed by atoms with Gasteiger partial charge < -0.3 is 0 Å². The summed E-state index contributed by atoms with van der Waals surface area (Å²) in [5, 5.41) is 4.10. The van der Waals surface area contributed by atoms with Gasteiger partial charge in [0, 0.05) is 11.8 Å². The first-order chi connectivity index (χ1) is 10.2. The van der Waals surface area contributed by atoms with E-state index in [9.17, 15) is 4.79 Å². The number of hydrogen-bond donors (Lipinski definition) is 2. The summed E-state index contributed by atoms with van der Waals surface area (Å²) >= 11 is 0. The Labute approximate surface area is 124 Å². The fourth-order valence-corrected chi connectivity index (χ4v) is 1.95. The van der Waals surface area contributed by atoms with Gasteiger partial charge >= 0.3 is 0 Å². The van der Waals surface area contributed by atoms with Crippen LogP contribution in [0.15, 0.2) is 40.2 Å². The molecule has 0 atom stereocenters. The van der Waals surface area contributed by atoms with Crippen molar-refractivity contribution in [3.05, 3.63) is 57.5 Å². The molecule has 0 saturated carbocycles. The largest absolute Gasteiger partial charge is 0.291 e. The molecule has 0 radical (unpaired) electrons. The average molecular weight is 284 g/mol. The minimum atomic E-state index is -0.168. The highest BCUT2D eigenvalue weighted by atomic mass is 16.1. The highest BCUT2D eigenvalue weighted by Crippen LogP contribution is 2.04. The number of H-pyrrole nitrogens is 1. The number of aryl methyl sites for hydroxylation is 2. The first-order valence-corrected chi connectivity index (χ1v) is 7.19. The SMILES string of the molecule is CCCc1cc(=O)[nH]c(N/N=C/c2ccc(CC)cc2)n1. The standard InChI is InChI=1S/C16H20N4O/c1-3-5-14-10-15(21)19-16(18-14)20-17-11-13-8-6-12(4-2)7-9-13/h6-11H,3-5H2,1-2H3,(H2,18,19,20,21)/b17-11+. The lowest BCUT2D eigenvalue weighted by atomic mass is 10.1. The Kier molecular flexibility index (Phi) is 5.26. The molecule has 0 bridgehead atoms. The Morgan fingerprint density at radius 3 is 2.71 bits per heavy atom. The minimum Gasteiger partial charge on any atom is -0.291 e. The van der Waals surface area contributed by atoms with Gasteiger partial charge in [0.1, 0.15) is 0 Å². The van der Waals surface area contributed by atoms with Gasteiger partial charge in [-0.1, -0.05) is 44.5 Å². The lowest BCUT2D eigenvalue weighted by Crippen LogP contribution is -2.11. The van der Waals surface area contributed by atoms with Gasteiger partial charge in [-0.2, -0.15) is 5.10 Å². The van der Waals surface area contributed by atoms with Gasteiger partial charge in [0.15, 0.2) is 0 Å². The zero-order valence-electron chi connectivity index (χ0n) is 12.4. The highest BCUT2D eigenvalue weighted by Gasteiger charge is 1.99. The van der Waals surface area contributed by atoms with Crippen molar-refractivity contribution in [2.24, 2.45) is 5.10 Å². The number of nitrogens with one attached hydrogen (secondary N) is 2. The fourth-order valence-electron chi connectivity index (χ4n) is 1.95. The van der Waals surface area contributed by atoms with Gasteiger partial charge in [0.05, 0.1) is 6.21 Å². The van der Waals surface area contributed by atoms with Crippen molar-refractivity contribution in [2.45, 2.75) is 33.1 Å². The molecule has 1 aromatic carbocycles. The van der Waals surface area contributed by atoms with E-state index in [4.69, 9.17) is 0 Å². The summed E-state index contributed by atoms with van der Waals surface area (Å²) in [7, 11) is 0. The summed E-state index contributed by atoms with van der Waals surface area (Å²) in [6.07, 6.45) is 4.45. The second-order valence-corrected chi connectivity index (χ2v) is 4.80. The van der Waals surface area contributed by atoms with Crippen LogP contribution >= 0.6 is 0 Å². The highest BCUT2D eigenvalue weighted by molar-refractivity contribution is 5.80. The molecule has 21 heavy (non-hydrogen) atoms. The van der Waals surface area contributed by atoms with Crippen molar-refractivity contribution < 1.29 is 0 Å². The van der Waals surface area contributed by atoms with Gasteiger partial charge in [-0.3, -0.25) is 9.78 Å². The molecule has 0 aliphatic heterocycles. The van der Waals surface area contributed by atoms with Crippen LogP contribution in [0.5, 0.6) is 0 Å². The first-order valence-electron chi connectivity index (χ1n) is 7.19. The number of benzene rings is 1. The first kappa shape index (κ1) is 15.0. The van der Waals surface area contributed by atoms with Crippen LogP contribution in [-0.2, 0) is 12.8 Å². The Morgan fingerprint density at radius 1 is 1.29 bits per heavy atom. The molecule has 0 amide bonds. The zero-order valence-corrected chi connectivity index (χ0v) is 12.4. The van der Waals surface area contributed by atoms with Crippen molar-refractivity contribution in [1.29, 1.82) is 0 Å². The molecule has 5 nitrogen and oxygen atoms in total. The summed E-state index contributed by atoms with van der Waals surface area (Å²) in [4.78, 5) is 18.4. The van der Waals surface area contributed by atoms with Crippen LogP contribution in [0.2, 0.25) is 0 Å². The molecule has 0 aliphatic carbocycles. The molecule has 0 saturated heterocycles. The molecule has 0 unspecified atom stereocenters. The predicted octanol–water partition coefficient (Wildman–Crippen LogP) is 2.73. The maximum Gasteiger partial charge on any atom is 0.252 e. The molecule has 1 heterocycles. The molecule has 5 heteroatoms. The maximum atomic E-state index is 11.5. The molecule has 0 spiro atoms. The van der Waals surface area contributed by atoms with Crippen molar-refractivity contribution in [3.8, 4) is 0 Å². The summed E-state index contributed by atoms with van der Waals surface area (Å²) < 4.78 is 0. The van der Waals surface area contributed by atoms with Crippen LogP contribution < -0.4 is 11.0 Å². The predicted molar refractivity (Wildman–Crippen MR) is 85.9 cm³/mol. The van der Waals surface area contributed by atoms with Crippen LogP contribution in [-0.4, -0.2) is 16.2 Å². The van der Waals surface area contributed by atoms with E-state index < -0.39 is 0 Å². The van der Waals surface area contributed by atoms with Crippen LogP contribution in [0.1, 0.15) is 37.1 Å². The Balaban J connectivity index is 2.04. The fraction of sp³-hybridized carbons (Fsp3) is 0.312. The van der Waals surface area contributed by atoms with E-state index >= 15 is 0 Å². The second-order valence-electron chi connectivity index (χ2n) is 4.80. The van der Waals surface area contributed by atoms with E-state index in [0.29, 0.717) is 5.95 Å². The molecule has 0 fully saturated rings. The number of aromatic amines is 1. The summed E-state index contributed by atoms with van der Waals surface area (Å²) in [5.74, 6) is 0.368. The number of hydrogen-bond acceptors (Lipinski definition) is 4. The molecule has 110 valence electrons. The number of nitrogens with zero attached hydrogens (tertiary/aromatic N) is 2. The van der Waals surface area contributed by atoms with E-state index in [1.54, 1.807) is 6.21 Å². The Bertz CT molecular complexity index is 659. The summed E-state index contributed by atoms with van der Waals surface area (Å²) in [6.45, 7) is 4.17. The third kappa shape index (κ3) is 4.56. The van der Waals surface area contributed by atoms with Crippen molar-refractivity contribution in [2.75, 3.05) is 5.43 Å². The Hall–Kier alpha value is -2.43. The number of hydrazone groups is 1. The van der Waals surface area contributed by atoms with E-state index in [-0.39, 0.29) is 5.56 Å². The van der Waals surface area contributed by atoms with Gasteiger partial charge in [-0.25, -0.2) is 10.4 Å². The molecule has 0 aliphatic rings. The molecule has 2 aromatic rings. The lowest BCUT2D eigenvalue weighted by molar-refractivity contribution is 0.867. The third-order valence-electron chi connectivity index (χ3n) is 3.07. The number of rotatable bonds is 6. The monoisotopic (exact) mass is 284 g/mol. The van der Waals surface area contributed by atoms with Crippen LogP contribution in [0.25, 0.3) is 0 Å². The number of aromatic nitrogens is 2. The molecule has 2 N–H and O–H groups in total. The molecular formula is C16H20N4O. The van der Waals surface area contributed by atoms with Crippen LogP contribution in [0.3, 0.4) is 0 Å². The van der Waals surface area contributed by atoms with Crippen LogP contribution in [0, 0.1) is 0 Å². The molecule has 2 rings (SSSR count). The zero-order chi connectivity index (χ0) is 15.1. The van der Waals surface area contributed by atoms with Crippen molar-refractivity contribution in [3.63, 3.8) is 0 Å². The van der Waals surface area contributed by atoms with Crippen molar-refractivity contribution >= 4 is 12.2 Å². The maximum absolute atomic E-state index is 11.5. The van der Waals surface area contributed by atoms with E-state index in [1.165, 1.54) is 11.6 Å². The van der Waals surface area contributed by atoms with E-state index in [0.717, 1.165) is 30.5 Å². The van der Waals surface area contributed by atoms with E-state index in [1.807, 2.05) is 19.1 Å². The van der Waals surface area contributed by atoms with Gasteiger partial charge in [-0.15, -0.1) is 0 Å². The quantitative estimate of drug-likeness (QED) is 0.633. The smallest absolute Gasteiger partial charge is 0.252 e. The van der Waals surface area contributed by atoms with Gasteiger partial charge in [-0.05, 0) is 24.0 Å². The Morgan fingerprint density at radius 2 is 2.05 bits per heavy atom. The van der Waals surface area contributed by atoms with Crippen LogP contribution in [0.4, 0.5) is 5.95 Å². The van der Waals surface area contributed by atoms with Gasteiger partial charge in [0.2, 0.25) is 5.95 Å². The van der Waals surface area contributed by atoms with Gasteiger partial charge in [0.25, 0.3) is 5.56 Å². The van der Waals surface area contributed by atoms with E-state index in [2.05, 4.69) is 39.6 Å². The lowest BCUT2D eigenvalue weighted by Gasteiger charge is -2.02. The van der Waals surface area contributed by atoms with Crippen molar-refractivity contribution in [1.82, 2.24) is 9.97 Å². The second kappa shape index (κ2) is 7.38. The third-order valence-corrected chi connectivity index (χ3v) is 3.07. The topological polar surface area (TPSA) is 70.1 Å². The summed E-state index contributed by atoms with van der Waals surface area (Å²) in [5.41, 5.74) is 5.65. The molecule has 1 aromatic heterocycles. The minimum absolute atomic E-state index is 0.168.